The van der Waals surface area contributed by atoms with Crippen molar-refractivity contribution in [3.63, 3.8) is 0 Å². The molecular weight excluding hydrogens is 208 g/mol. The Kier molecular flexibility index (Phi) is 4.21. The Labute approximate surface area is 93.2 Å². The first-order valence-electron chi connectivity index (χ1n) is 4.97. The van der Waals surface area contributed by atoms with Gasteiger partial charge in [-0.3, -0.25) is 9.00 Å². The minimum atomic E-state index is -1.06. The van der Waals surface area contributed by atoms with Gasteiger partial charge in [0.2, 0.25) is 0 Å². The molecule has 0 aliphatic rings. The standard InChI is InChI=1S/C12H16O2S/c1-9(2)15(14)8-12(13)11-6-4-10(3)5-7-11/h4-7,9H,8H2,1-3H3. The van der Waals surface area contributed by atoms with E-state index in [1.165, 1.54) is 0 Å². The average Bonchev–Trinajstić information content (AvgIpc) is 2.18. The lowest BCUT2D eigenvalue weighted by Gasteiger charge is -2.04. The Balaban J connectivity index is 2.69. The molecule has 2 nitrogen and oxygen atoms in total. The number of aryl methyl sites for hydroxylation is 1. The van der Waals surface area contributed by atoms with Crippen LogP contribution in [0.5, 0.6) is 0 Å². The minimum Gasteiger partial charge on any atom is -0.293 e. The number of rotatable bonds is 4. The fourth-order valence-electron chi connectivity index (χ4n) is 1.12. The lowest BCUT2D eigenvalue weighted by Crippen LogP contribution is -2.17. The molecule has 0 N–H and O–H groups in total. The summed E-state index contributed by atoms with van der Waals surface area (Å²) >= 11 is 0. The maximum absolute atomic E-state index is 11.7. The van der Waals surface area contributed by atoms with Crippen molar-refractivity contribution in [1.29, 1.82) is 0 Å². The van der Waals surface area contributed by atoms with Gasteiger partial charge in [-0.25, -0.2) is 0 Å². The third kappa shape index (κ3) is 3.59. The maximum Gasteiger partial charge on any atom is 0.175 e. The van der Waals surface area contributed by atoms with E-state index in [0.29, 0.717) is 5.56 Å². The van der Waals surface area contributed by atoms with Gasteiger partial charge in [-0.2, -0.15) is 0 Å². The molecule has 1 aromatic rings. The van der Waals surface area contributed by atoms with Crippen LogP contribution in [0.3, 0.4) is 0 Å². The van der Waals surface area contributed by atoms with Gasteiger partial charge < -0.3 is 0 Å². The Morgan fingerprint density at radius 3 is 2.27 bits per heavy atom. The summed E-state index contributed by atoms with van der Waals surface area (Å²) in [5.74, 6) is 0.0859. The Morgan fingerprint density at radius 2 is 1.80 bits per heavy atom. The number of ketones is 1. The van der Waals surface area contributed by atoms with E-state index in [9.17, 15) is 9.00 Å². The van der Waals surface area contributed by atoms with Crippen molar-refractivity contribution in [1.82, 2.24) is 0 Å². The quantitative estimate of drug-likeness (QED) is 0.736. The molecule has 0 saturated carbocycles. The maximum atomic E-state index is 11.7. The topological polar surface area (TPSA) is 34.1 Å². The molecular formula is C12H16O2S. The van der Waals surface area contributed by atoms with Gasteiger partial charge in [-0.05, 0) is 6.92 Å². The second-order valence-electron chi connectivity index (χ2n) is 3.86. The molecule has 1 rings (SSSR count). The van der Waals surface area contributed by atoms with Crippen LogP contribution in [-0.2, 0) is 10.8 Å². The molecule has 0 amide bonds. The number of benzene rings is 1. The first-order chi connectivity index (χ1) is 7.00. The fourth-order valence-corrected chi connectivity index (χ4v) is 1.88. The summed E-state index contributed by atoms with van der Waals surface area (Å²) in [6.07, 6.45) is 0. The normalized spacial score (nSPS) is 12.8. The van der Waals surface area contributed by atoms with E-state index in [-0.39, 0.29) is 16.8 Å². The zero-order valence-corrected chi connectivity index (χ0v) is 10.1. The van der Waals surface area contributed by atoms with Crippen LogP contribution in [-0.4, -0.2) is 21.0 Å². The number of carbonyl (C=O) groups is 1. The lowest BCUT2D eigenvalue weighted by atomic mass is 10.1. The van der Waals surface area contributed by atoms with Crippen LogP contribution in [0.2, 0.25) is 0 Å². The lowest BCUT2D eigenvalue weighted by molar-refractivity contribution is 0.102. The summed E-state index contributed by atoms with van der Waals surface area (Å²) in [5.41, 5.74) is 1.77. The molecule has 3 heteroatoms. The van der Waals surface area contributed by atoms with Gasteiger partial charge in [-0.1, -0.05) is 43.7 Å². The van der Waals surface area contributed by atoms with E-state index in [0.717, 1.165) is 5.56 Å². The van der Waals surface area contributed by atoms with Crippen LogP contribution in [0.15, 0.2) is 24.3 Å². The molecule has 0 radical (unpaired) electrons. The van der Waals surface area contributed by atoms with E-state index in [1.807, 2.05) is 32.9 Å². The van der Waals surface area contributed by atoms with Gasteiger partial charge in [0, 0.05) is 21.6 Å². The summed E-state index contributed by atoms with van der Waals surface area (Å²) in [6, 6.07) is 7.36. The van der Waals surface area contributed by atoms with E-state index >= 15 is 0 Å². The number of hydrogen-bond acceptors (Lipinski definition) is 2. The van der Waals surface area contributed by atoms with Crippen LogP contribution >= 0.6 is 0 Å². The molecule has 0 heterocycles. The van der Waals surface area contributed by atoms with Crippen molar-refractivity contribution < 1.29 is 9.00 Å². The van der Waals surface area contributed by atoms with E-state index < -0.39 is 10.8 Å². The highest BCUT2D eigenvalue weighted by Gasteiger charge is 2.12. The monoisotopic (exact) mass is 224 g/mol. The number of hydrogen-bond donors (Lipinski definition) is 0. The summed E-state index contributed by atoms with van der Waals surface area (Å²) in [4.78, 5) is 11.7. The fraction of sp³-hybridized carbons (Fsp3) is 0.417. The molecule has 0 spiro atoms. The highest BCUT2D eigenvalue weighted by atomic mass is 32.2. The molecule has 1 atom stereocenters. The second kappa shape index (κ2) is 5.21. The predicted octanol–water partition coefficient (Wildman–Crippen LogP) is 2.33. The molecule has 15 heavy (non-hydrogen) atoms. The third-order valence-corrected chi connectivity index (χ3v) is 3.77. The molecule has 0 aliphatic heterocycles. The third-order valence-electron chi connectivity index (χ3n) is 2.17. The van der Waals surface area contributed by atoms with Crippen molar-refractivity contribution in [3.05, 3.63) is 35.4 Å². The van der Waals surface area contributed by atoms with Crippen LogP contribution in [0, 0.1) is 6.92 Å². The predicted molar refractivity (Wildman–Crippen MR) is 63.7 cm³/mol. The second-order valence-corrected chi connectivity index (χ2v) is 5.86. The zero-order chi connectivity index (χ0) is 11.4. The van der Waals surface area contributed by atoms with Gasteiger partial charge in [0.1, 0.15) is 0 Å². The van der Waals surface area contributed by atoms with Crippen LogP contribution < -0.4 is 0 Å². The van der Waals surface area contributed by atoms with Gasteiger partial charge in [0.25, 0.3) is 0 Å². The van der Waals surface area contributed by atoms with Crippen molar-refractivity contribution in [3.8, 4) is 0 Å². The molecule has 1 aromatic carbocycles. The zero-order valence-electron chi connectivity index (χ0n) is 9.32. The van der Waals surface area contributed by atoms with Crippen LogP contribution in [0.25, 0.3) is 0 Å². The molecule has 0 aromatic heterocycles. The first kappa shape index (κ1) is 12.1. The summed E-state index contributed by atoms with van der Waals surface area (Å²) < 4.78 is 11.5. The van der Waals surface area contributed by atoms with E-state index in [4.69, 9.17) is 0 Å². The van der Waals surface area contributed by atoms with Crippen LogP contribution in [0.1, 0.15) is 29.8 Å². The largest absolute Gasteiger partial charge is 0.293 e. The van der Waals surface area contributed by atoms with Crippen molar-refractivity contribution in [2.24, 2.45) is 0 Å². The number of carbonyl (C=O) groups excluding carboxylic acids is 1. The first-order valence-corrected chi connectivity index (χ1v) is 6.36. The summed E-state index contributed by atoms with van der Waals surface area (Å²) in [7, 11) is -1.06. The SMILES string of the molecule is Cc1ccc(C(=O)CS(=O)C(C)C)cc1. The van der Waals surface area contributed by atoms with Gasteiger partial charge >= 0.3 is 0 Å². The Hall–Kier alpha value is -0.960. The molecule has 0 saturated heterocycles. The molecule has 0 fully saturated rings. The molecule has 82 valence electrons. The van der Waals surface area contributed by atoms with Gasteiger partial charge in [-0.15, -0.1) is 0 Å². The molecule has 0 bridgehead atoms. The van der Waals surface area contributed by atoms with Gasteiger partial charge in [0.05, 0.1) is 5.75 Å². The van der Waals surface area contributed by atoms with Crippen molar-refractivity contribution >= 4 is 16.6 Å². The van der Waals surface area contributed by atoms with E-state index in [2.05, 4.69) is 0 Å². The Bertz CT molecular complexity index is 366. The highest BCUT2D eigenvalue weighted by Crippen LogP contribution is 2.06. The van der Waals surface area contributed by atoms with E-state index in [1.54, 1.807) is 12.1 Å². The van der Waals surface area contributed by atoms with Crippen LogP contribution in [0.4, 0.5) is 0 Å². The minimum absolute atomic E-state index is 0.0398. The average molecular weight is 224 g/mol. The smallest absolute Gasteiger partial charge is 0.175 e. The van der Waals surface area contributed by atoms with Gasteiger partial charge in [0.15, 0.2) is 5.78 Å². The molecule has 1 unspecified atom stereocenters. The molecule has 0 aliphatic carbocycles. The Morgan fingerprint density at radius 1 is 1.27 bits per heavy atom. The van der Waals surface area contributed by atoms with Crippen molar-refractivity contribution in [2.75, 3.05) is 5.75 Å². The highest BCUT2D eigenvalue weighted by molar-refractivity contribution is 7.86. The summed E-state index contributed by atoms with van der Waals surface area (Å²) in [6.45, 7) is 5.69. The van der Waals surface area contributed by atoms with Crippen molar-refractivity contribution in [2.45, 2.75) is 26.0 Å². The number of Topliss-reactive ketones (excluding diaryl/α,β-unsaturated/α-hetero) is 1. The summed E-state index contributed by atoms with van der Waals surface area (Å²) in [5, 5.41) is 0.0411.